The molecule has 1 aromatic carbocycles. The Morgan fingerprint density at radius 1 is 1.24 bits per heavy atom. The van der Waals surface area contributed by atoms with Gasteiger partial charge in [0.15, 0.2) is 0 Å². The summed E-state index contributed by atoms with van der Waals surface area (Å²) in [5.41, 5.74) is 5.58. The van der Waals surface area contributed by atoms with Crippen molar-refractivity contribution in [3.8, 4) is 11.5 Å². The summed E-state index contributed by atoms with van der Waals surface area (Å²) < 4.78 is 10.8. The molecule has 1 unspecified atom stereocenters. The van der Waals surface area contributed by atoms with Crippen molar-refractivity contribution >= 4 is 11.9 Å². The predicted octanol–water partition coefficient (Wildman–Crippen LogP) is 1.65. The molecule has 1 atom stereocenters. The van der Waals surface area contributed by atoms with E-state index in [4.69, 9.17) is 15.2 Å². The Balaban J connectivity index is 1.90. The van der Waals surface area contributed by atoms with Crippen LogP contribution in [-0.2, 0) is 0 Å². The number of nitrogens with two attached hydrogens (primary N) is 1. The predicted molar refractivity (Wildman–Crippen MR) is 80.6 cm³/mol. The Kier molecular flexibility index (Phi) is 4.76. The van der Waals surface area contributed by atoms with Crippen molar-refractivity contribution in [2.45, 2.75) is 19.9 Å². The number of hydrogen-bond acceptors (Lipinski definition) is 7. The minimum atomic E-state index is 0.0115. The minimum Gasteiger partial charge on any atom is -0.497 e. The molecular weight excluding hydrogens is 270 g/mol. The van der Waals surface area contributed by atoms with Crippen molar-refractivity contribution < 1.29 is 9.47 Å². The number of rotatable bonds is 6. The Bertz CT molecular complexity index is 585. The van der Waals surface area contributed by atoms with Crippen LogP contribution < -0.4 is 20.5 Å². The quantitative estimate of drug-likeness (QED) is 0.834. The largest absolute Gasteiger partial charge is 0.497 e. The lowest BCUT2D eigenvalue weighted by atomic mass is 10.3. The maximum atomic E-state index is 5.70. The fourth-order valence-electron chi connectivity index (χ4n) is 1.74. The van der Waals surface area contributed by atoms with Crippen LogP contribution in [-0.4, -0.2) is 34.7 Å². The third kappa shape index (κ3) is 4.48. The molecule has 0 aliphatic heterocycles. The number of anilines is 2. The zero-order valence-corrected chi connectivity index (χ0v) is 12.3. The van der Waals surface area contributed by atoms with E-state index in [1.54, 1.807) is 14.0 Å². The summed E-state index contributed by atoms with van der Waals surface area (Å²) in [6.45, 7) is 4.19. The molecule has 0 saturated heterocycles. The van der Waals surface area contributed by atoms with E-state index in [0.29, 0.717) is 18.4 Å². The van der Waals surface area contributed by atoms with E-state index < -0.39 is 0 Å². The monoisotopic (exact) mass is 289 g/mol. The number of methoxy groups -OCH3 is 1. The van der Waals surface area contributed by atoms with E-state index in [9.17, 15) is 0 Å². The number of nitrogen functional groups attached to an aromatic ring is 1. The summed E-state index contributed by atoms with van der Waals surface area (Å²) in [6.07, 6.45) is 0. The lowest BCUT2D eigenvalue weighted by Crippen LogP contribution is -2.25. The van der Waals surface area contributed by atoms with Crippen LogP contribution in [0.1, 0.15) is 12.7 Å². The van der Waals surface area contributed by atoms with Gasteiger partial charge < -0.3 is 20.5 Å². The van der Waals surface area contributed by atoms with Crippen LogP contribution in [0.25, 0.3) is 0 Å². The number of nitrogens with zero attached hydrogens (tertiary/aromatic N) is 3. The number of ether oxygens (including phenoxy) is 2. The van der Waals surface area contributed by atoms with Crippen LogP contribution in [0.4, 0.5) is 11.9 Å². The highest BCUT2D eigenvalue weighted by Crippen LogP contribution is 2.19. The van der Waals surface area contributed by atoms with E-state index in [2.05, 4.69) is 20.3 Å². The average Bonchev–Trinajstić information content (AvgIpc) is 2.44. The maximum Gasteiger partial charge on any atom is 0.228 e. The lowest BCUT2D eigenvalue weighted by molar-refractivity contribution is 0.301. The highest BCUT2D eigenvalue weighted by Gasteiger charge is 2.07. The SMILES string of the molecule is COc1cccc(OCC(C)Nc2nc(C)nc(N)n2)c1. The second-order valence-corrected chi connectivity index (χ2v) is 4.60. The summed E-state index contributed by atoms with van der Waals surface area (Å²) in [5.74, 6) is 2.72. The van der Waals surface area contributed by atoms with Gasteiger partial charge in [0, 0.05) is 6.07 Å². The number of benzene rings is 1. The Hall–Kier alpha value is -2.57. The first-order valence-corrected chi connectivity index (χ1v) is 6.58. The Morgan fingerprint density at radius 3 is 2.71 bits per heavy atom. The van der Waals surface area contributed by atoms with Crippen molar-refractivity contribution in [2.75, 3.05) is 24.8 Å². The smallest absolute Gasteiger partial charge is 0.228 e. The second-order valence-electron chi connectivity index (χ2n) is 4.60. The highest BCUT2D eigenvalue weighted by atomic mass is 16.5. The topological polar surface area (TPSA) is 95.2 Å². The summed E-state index contributed by atoms with van der Waals surface area (Å²) in [7, 11) is 1.62. The number of aromatic nitrogens is 3. The second kappa shape index (κ2) is 6.74. The first-order valence-electron chi connectivity index (χ1n) is 6.58. The van der Waals surface area contributed by atoms with Gasteiger partial charge in [0.05, 0.1) is 13.2 Å². The van der Waals surface area contributed by atoms with Crippen LogP contribution in [0.5, 0.6) is 11.5 Å². The fourth-order valence-corrected chi connectivity index (χ4v) is 1.74. The van der Waals surface area contributed by atoms with Crippen molar-refractivity contribution in [1.82, 2.24) is 15.0 Å². The van der Waals surface area contributed by atoms with Gasteiger partial charge in [-0.1, -0.05) is 6.07 Å². The Labute approximate surface area is 123 Å². The lowest BCUT2D eigenvalue weighted by Gasteiger charge is -2.15. The van der Waals surface area contributed by atoms with Crippen LogP contribution in [0, 0.1) is 6.92 Å². The van der Waals surface area contributed by atoms with E-state index in [-0.39, 0.29) is 12.0 Å². The molecule has 0 fully saturated rings. The minimum absolute atomic E-state index is 0.0115. The summed E-state index contributed by atoms with van der Waals surface area (Å²) in [5, 5.41) is 3.12. The van der Waals surface area contributed by atoms with Crippen LogP contribution in [0.3, 0.4) is 0 Å². The molecule has 3 N–H and O–H groups in total. The normalized spacial score (nSPS) is 11.8. The molecule has 7 heteroatoms. The molecule has 0 saturated carbocycles. The number of hydrogen-bond donors (Lipinski definition) is 2. The van der Waals surface area contributed by atoms with E-state index in [0.717, 1.165) is 11.5 Å². The molecule has 21 heavy (non-hydrogen) atoms. The molecule has 7 nitrogen and oxygen atoms in total. The molecule has 2 rings (SSSR count). The van der Waals surface area contributed by atoms with Crippen molar-refractivity contribution in [1.29, 1.82) is 0 Å². The van der Waals surface area contributed by atoms with Gasteiger partial charge >= 0.3 is 0 Å². The van der Waals surface area contributed by atoms with Crippen molar-refractivity contribution in [3.05, 3.63) is 30.1 Å². The molecule has 2 aromatic rings. The summed E-state index contributed by atoms with van der Waals surface area (Å²) in [4.78, 5) is 12.1. The number of nitrogens with one attached hydrogen (secondary N) is 1. The van der Waals surface area contributed by atoms with Crippen molar-refractivity contribution in [2.24, 2.45) is 0 Å². The average molecular weight is 289 g/mol. The third-order valence-electron chi connectivity index (χ3n) is 2.68. The molecule has 0 aliphatic rings. The first-order chi connectivity index (χ1) is 10.1. The van der Waals surface area contributed by atoms with Gasteiger partial charge in [-0.05, 0) is 26.0 Å². The summed E-state index contributed by atoms with van der Waals surface area (Å²) >= 11 is 0. The zero-order chi connectivity index (χ0) is 15.2. The van der Waals surface area contributed by atoms with Gasteiger partial charge in [0.1, 0.15) is 23.9 Å². The van der Waals surface area contributed by atoms with Gasteiger partial charge in [-0.15, -0.1) is 0 Å². The molecule has 112 valence electrons. The zero-order valence-electron chi connectivity index (χ0n) is 12.3. The van der Waals surface area contributed by atoms with Crippen LogP contribution in [0.15, 0.2) is 24.3 Å². The van der Waals surface area contributed by atoms with Gasteiger partial charge in [0.25, 0.3) is 0 Å². The molecular formula is C14H19N5O2. The van der Waals surface area contributed by atoms with Gasteiger partial charge in [-0.3, -0.25) is 0 Å². The first kappa shape index (κ1) is 14.8. The van der Waals surface area contributed by atoms with Crippen molar-refractivity contribution in [3.63, 3.8) is 0 Å². The van der Waals surface area contributed by atoms with Crippen LogP contribution >= 0.6 is 0 Å². The third-order valence-corrected chi connectivity index (χ3v) is 2.68. The summed E-state index contributed by atoms with van der Waals surface area (Å²) in [6, 6.07) is 7.46. The van der Waals surface area contributed by atoms with E-state index in [1.165, 1.54) is 0 Å². The van der Waals surface area contributed by atoms with E-state index >= 15 is 0 Å². The number of aryl methyl sites for hydroxylation is 1. The van der Waals surface area contributed by atoms with Crippen LogP contribution in [0.2, 0.25) is 0 Å². The molecule has 0 aliphatic carbocycles. The standard InChI is InChI=1S/C14H19N5O2/c1-9(16-14-18-10(2)17-13(15)19-14)8-21-12-6-4-5-11(7-12)20-3/h4-7,9H,8H2,1-3H3,(H3,15,16,17,18,19). The fraction of sp³-hybridized carbons (Fsp3) is 0.357. The highest BCUT2D eigenvalue weighted by molar-refractivity contribution is 5.34. The molecule has 1 aromatic heterocycles. The van der Waals surface area contributed by atoms with E-state index in [1.807, 2.05) is 31.2 Å². The molecule has 1 heterocycles. The van der Waals surface area contributed by atoms with Gasteiger partial charge in [-0.25, -0.2) is 0 Å². The van der Waals surface area contributed by atoms with Gasteiger partial charge in [-0.2, -0.15) is 15.0 Å². The maximum absolute atomic E-state index is 5.70. The molecule has 0 radical (unpaired) electrons. The molecule has 0 amide bonds. The Morgan fingerprint density at radius 2 is 2.00 bits per heavy atom. The molecule has 0 spiro atoms. The molecule has 0 bridgehead atoms. The van der Waals surface area contributed by atoms with Gasteiger partial charge in [0.2, 0.25) is 11.9 Å².